The molecule has 1 aliphatic heterocycles. The minimum Gasteiger partial charge on any atom is -0.357 e. The summed E-state index contributed by atoms with van der Waals surface area (Å²) in [6.07, 6.45) is 2.53. The number of carbonyl (C=O) groups excluding carboxylic acids is 2. The number of hydrogen-bond donors (Lipinski definition) is 1. The van der Waals surface area contributed by atoms with Crippen LogP contribution in [-0.4, -0.2) is 57.3 Å². The Morgan fingerprint density at radius 1 is 0.926 bits per heavy atom. The highest BCUT2D eigenvalue weighted by Gasteiger charge is 2.27. The van der Waals surface area contributed by atoms with Gasteiger partial charge in [0, 0.05) is 56.0 Å². The van der Waals surface area contributed by atoms with Crippen molar-refractivity contribution in [1.82, 2.24) is 19.4 Å². The van der Waals surface area contributed by atoms with Gasteiger partial charge in [-0.15, -0.1) is 0 Å². The molecule has 0 spiro atoms. The third kappa shape index (κ3) is 3.01. The average Bonchev–Trinajstić information content (AvgIpc) is 3.21. The topological polar surface area (TPSA) is 61.3 Å². The Balaban J connectivity index is 1.56. The fraction of sp³-hybridized carbons (Fsp3) is 0.333. The summed E-state index contributed by atoms with van der Waals surface area (Å²) in [5, 5.41) is 0.992. The molecule has 3 heterocycles. The molecule has 0 aliphatic carbocycles. The molecule has 6 heteroatoms. The molecule has 1 saturated heterocycles. The van der Waals surface area contributed by atoms with Gasteiger partial charge in [-0.25, -0.2) is 0 Å². The number of hydrogen-bond acceptors (Lipinski definition) is 2. The molecule has 1 aromatic carbocycles. The van der Waals surface area contributed by atoms with Crippen LogP contribution in [0.5, 0.6) is 0 Å². The zero-order chi connectivity index (χ0) is 19.0. The summed E-state index contributed by atoms with van der Waals surface area (Å²) in [4.78, 5) is 32.6. The number of rotatable bonds is 2. The first-order chi connectivity index (χ1) is 13.1. The standard InChI is InChI=1S/C21H24N4O2/c1-15-19(16-7-3-4-9-18(16)23(15)2)21(27)25-12-6-11-24(13-14-25)20(26)17-8-5-10-22-17/h3-5,7-10,22H,6,11-14H2,1-2H3. The van der Waals surface area contributed by atoms with Gasteiger partial charge in [-0.1, -0.05) is 18.2 Å². The van der Waals surface area contributed by atoms with E-state index in [0.29, 0.717) is 31.9 Å². The summed E-state index contributed by atoms with van der Waals surface area (Å²) < 4.78 is 2.07. The molecule has 140 valence electrons. The van der Waals surface area contributed by atoms with Crippen molar-refractivity contribution < 1.29 is 9.59 Å². The van der Waals surface area contributed by atoms with Gasteiger partial charge >= 0.3 is 0 Å². The first-order valence-electron chi connectivity index (χ1n) is 9.34. The number of aryl methyl sites for hydroxylation is 1. The summed E-state index contributed by atoms with van der Waals surface area (Å²) in [5.74, 6) is 0.0501. The van der Waals surface area contributed by atoms with Gasteiger partial charge in [0.2, 0.25) is 0 Å². The minimum absolute atomic E-state index is 0.00404. The smallest absolute Gasteiger partial charge is 0.270 e. The lowest BCUT2D eigenvalue weighted by atomic mass is 10.1. The maximum Gasteiger partial charge on any atom is 0.270 e. The number of nitrogens with zero attached hydrogens (tertiary/aromatic N) is 3. The predicted molar refractivity (Wildman–Crippen MR) is 105 cm³/mol. The van der Waals surface area contributed by atoms with E-state index < -0.39 is 0 Å². The van der Waals surface area contributed by atoms with E-state index in [-0.39, 0.29) is 11.8 Å². The summed E-state index contributed by atoms with van der Waals surface area (Å²) in [6.45, 7) is 4.42. The van der Waals surface area contributed by atoms with Crippen LogP contribution in [0.4, 0.5) is 0 Å². The molecule has 2 amide bonds. The van der Waals surface area contributed by atoms with Crippen molar-refractivity contribution >= 4 is 22.7 Å². The zero-order valence-electron chi connectivity index (χ0n) is 15.7. The first kappa shape index (κ1) is 17.4. The van der Waals surface area contributed by atoms with Crippen LogP contribution in [0.15, 0.2) is 42.6 Å². The third-order valence-electron chi connectivity index (χ3n) is 5.51. The molecule has 0 radical (unpaired) electrons. The number of amides is 2. The molecular weight excluding hydrogens is 340 g/mol. The van der Waals surface area contributed by atoms with Gasteiger partial charge in [-0.05, 0) is 31.5 Å². The SMILES string of the molecule is Cc1c(C(=O)N2CCCN(C(=O)c3ccc[nH]3)CC2)c2ccccc2n1C. The minimum atomic E-state index is -0.00404. The van der Waals surface area contributed by atoms with Gasteiger partial charge in [0.15, 0.2) is 0 Å². The second kappa shape index (κ2) is 6.95. The van der Waals surface area contributed by atoms with Crippen molar-refractivity contribution in [2.75, 3.05) is 26.2 Å². The highest BCUT2D eigenvalue weighted by molar-refractivity contribution is 6.08. The lowest BCUT2D eigenvalue weighted by Gasteiger charge is -2.22. The zero-order valence-corrected chi connectivity index (χ0v) is 15.7. The Hall–Kier alpha value is -3.02. The predicted octanol–water partition coefficient (Wildman–Crippen LogP) is 2.80. The Morgan fingerprint density at radius 3 is 2.33 bits per heavy atom. The van der Waals surface area contributed by atoms with E-state index in [4.69, 9.17) is 0 Å². The van der Waals surface area contributed by atoms with Crippen LogP contribution in [-0.2, 0) is 7.05 Å². The molecule has 1 aliphatic rings. The van der Waals surface area contributed by atoms with Gasteiger partial charge in [0.05, 0.1) is 5.56 Å². The van der Waals surface area contributed by atoms with Crippen molar-refractivity contribution in [3.05, 3.63) is 59.5 Å². The highest BCUT2D eigenvalue weighted by atomic mass is 16.2. The fourth-order valence-corrected chi connectivity index (χ4v) is 3.91. The number of H-pyrrole nitrogens is 1. The Labute approximate surface area is 158 Å². The van der Waals surface area contributed by atoms with E-state index in [2.05, 4.69) is 9.55 Å². The molecule has 0 saturated carbocycles. The fourth-order valence-electron chi connectivity index (χ4n) is 3.91. The van der Waals surface area contributed by atoms with E-state index in [1.54, 1.807) is 12.3 Å². The molecule has 1 fully saturated rings. The molecule has 0 unspecified atom stereocenters. The maximum atomic E-state index is 13.3. The van der Waals surface area contributed by atoms with Gasteiger partial charge in [0.1, 0.15) is 5.69 Å². The maximum absolute atomic E-state index is 13.3. The summed E-state index contributed by atoms with van der Waals surface area (Å²) in [6, 6.07) is 11.6. The van der Waals surface area contributed by atoms with E-state index >= 15 is 0 Å². The van der Waals surface area contributed by atoms with E-state index in [1.807, 2.05) is 54.1 Å². The Morgan fingerprint density at radius 2 is 1.63 bits per heavy atom. The summed E-state index contributed by atoms with van der Waals surface area (Å²) in [7, 11) is 1.99. The van der Waals surface area contributed by atoms with Crippen LogP contribution in [0.25, 0.3) is 10.9 Å². The van der Waals surface area contributed by atoms with E-state index in [1.165, 1.54) is 0 Å². The third-order valence-corrected chi connectivity index (χ3v) is 5.51. The van der Waals surface area contributed by atoms with Crippen LogP contribution >= 0.6 is 0 Å². The van der Waals surface area contributed by atoms with Crippen molar-refractivity contribution in [1.29, 1.82) is 0 Å². The Bertz CT molecular complexity index is 987. The van der Waals surface area contributed by atoms with Gasteiger partial charge < -0.3 is 19.4 Å². The number of nitrogens with one attached hydrogen (secondary N) is 1. The second-order valence-electron chi connectivity index (χ2n) is 7.06. The van der Waals surface area contributed by atoms with E-state index in [0.717, 1.165) is 28.6 Å². The lowest BCUT2D eigenvalue weighted by Crippen LogP contribution is -2.37. The normalized spacial score (nSPS) is 15.2. The van der Waals surface area contributed by atoms with E-state index in [9.17, 15) is 9.59 Å². The van der Waals surface area contributed by atoms with Gasteiger partial charge in [-0.2, -0.15) is 0 Å². The molecule has 27 heavy (non-hydrogen) atoms. The quantitative estimate of drug-likeness (QED) is 0.760. The van der Waals surface area contributed by atoms with Crippen LogP contribution in [0.2, 0.25) is 0 Å². The highest BCUT2D eigenvalue weighted by Crippen LogP contribution is 2.26. The molecule has 1 N–H and O–H groups in total. The van der Waals surface area contributed by atoms with Crippen LogP contribution in [0.1, 0.15) is 33.0 Å². The van der Waals surface area contributed by atoms with Crippen molar-refractivity contribution in [2.24, 2.45) is 7.05 Å². The number of para-hydroxylation sites is 1. The summed E-state index contributed by atoms with van der Waals surface area (Å²) in [5.41, 5.74) is 3.42. The van der Waals surface area contributed by atoms with Crippen molar-refractivity contribution in [3.8, 4) is 0 Å². The van der Waals surface area contributed by atoms with Crippen molar-refractivity contribution in [2.45, 2.75) is 13.3 Å². The molecule has 0 atom stereocenters. The lowest BCUT2D eigenvalue weighted by molar-refractivity contribution is 0.0716. The molecular formula is C21H24N4O2. The first-order valence-corrected chi connectivity index (χ1v) is 9.34. The average molecular weight is 364 g/mol. The van der Waals surface area contributed by atoms with Gasteiger partial charge in [-0.3, -0.25) is 9.59 Å². The van der Waals surface area contributed by atoms with Crippen LogP contribution < -0.4 is 0 Å². The number of benzene rings is 1. The molecule has 3 aromatic rings. The van der Waals surface area contributed by atoms with Gasteiger partial charge in [0.25, 0.3) is 11.8 Å². The van der Waals surface area contributed by atoms with Crippen LogP contribution in [0, 0.1) is 6.92 Å². The number of aromatic amines is 1. The molecule has 0 bridgehead atoms. The largest absolute Gasteiger partial charge is 0.357 e. The number of fused-ring (bicyclic) bond motifs is 1. The number of aromatic nitrogens is 2. The monoisotopic (exact) mass is 364 g/mol. The second-order valence-corrected chi connectivity index (χ2v) is 7.06. The molecule has 4 rings (SSSR count). The molecule has 6 nitrogen and oxygen atoms in total. The Kier molecular flexibility index (Phi) is 4.48. The van der Waals surface area contributed by atoms with Crippen molar-refractivity contribution in [3.63, 3.8) is 0 Å². The number of carbonyl (C=O) groups is 2. The van der Waals surface area contributed by atoms with Crippen LogP contribution in [0.3, 0.4) is 0 Å². The molecule has 2 aromatic heterocycles. The summed E-state index contributed by atoms with van der Waals surface area (Å²) >= 11 is 0.